The van der Waals surface area contributed by atoms with E-state index in [9.17, 15) is 14.7 Å². The van der Waals surface area contributed by atoms with Crippen LogP contribution < -0.4 is 5.32 Å². The van der Waals surface area contributed by atoms with E-state index in [0.29, 0.717) is 6.42 Å². The molecule has 0 radical (unpaired) electrons. The minimum atomic E-state index is -0.882. The molecule has 0 aliphatic heterocycles. The van der Waals surface area contributed by atoms with Crippen LogP contribution in [0.3, 0.4) is 0 Å². The highest BCUT2D eigenvalue weighted by atomic mass is 16.6. The van der Waals surface area contributed by atoms with Gasteiger partial charge in [-0.2, -0.15) is 0 Å². The van der Waals surface area contributed by atoms with Crippen LogP contribution in [0.25, 0.3) is 0 Å². The number of ether oxygens (including phenoxy) is 1. The fourth-order valence-electron chi connectivity index (χ4n) is 2.05. The maximum Gasteiger partial charge on any atom is 0.408 e. The predicted molar refractivity (Wildman–Crippen MR) is 71.9 cm³/mol. The number of nitrogens with one attached hydrogen (secondary N) is 1. The van der Waals surface area contributed by atoms with Crippen molar-refractivity contribution < 1.29 is 19.4 Å². The summed E-state index contributed by atoms with van der Waals surface area (Å²) in [5.74, 6) is -1.48. The molecule has 0 heterocycles. The first kappa shape index (κ1) is 15.5. The Balaban J connectivity index is 2.71. The third-order valence-corrected chi connectivity index (χ3v) is 2.91. The molecule has 1 aliphatic carbocycles. The molecule has 0 fully saturated rings. The number of carbonyl (C=O) groups excluding carboxylic acids is 1. The van der Waals surface area contributed by atoms with Gasteiger partial charge in [0, 0.05) is 0 Å². The lowest BCUT2D eigenvalue weighted by molar-refractivity contribution is -0.142. The van der Waals surface area contributed by atoms with E-state index in [1.54, 1.807) is 26.8 Å². The van der Waals surface area contributed by atoms with Crippen LogP contribution in [0.2, 0.25) is 0 Å². The highest BCUT2D eigenvalue weighted by molar-refractivity contribution is 5.74. The van der Waals surface area contributed by atoms with Gasteiger partial charge in [0.1, 0.15) is 5.60 Å². The summed E-state index contributed by atoms with van der Waals surface area (Å²) in [5, 5.41) is 11.9. The van der Waals surface area contributed by atoms with E-state index in [1.165, 1.54) is 0 Å². The molecule has 2 atom stereocenters. The Kier molecular flexibility index (Phi) is 5.39. The van der Waals surface area contributed by atoms with Gasteiger partial charge < -0.3 is 15.2 Å². The molecule has 19 heavy (non-hydrogen) atoms. The quantitative estimate of drug-likeness (QED) is 0.756. The van der Waals surface area contributed by atoms with Gasteiger partial charge in [0.05, 0.1) is 12.0 Å². The smallest absolute Gasteiger partial charge is 0.408 e. The van der Waals surface area contributed by atoms with Crippen molar-refractivity contribution in [2.75, 3.05) is 0 Å². The van der Waals surface area contributed by atoms with Crippen molar-refractivity contribution in [1.82, 2.24) is 5.32 Å². The molecule has 0 aromatic rings. The van der Waals surface area contributed by atoms with E-state index in [4.69, 9.17) is 4.74 Å². The first-order valence-electron chi connectivity index (χ1n) is 6.68. The largest absolute Gasteiger partial charge is 0.481 e. The van der Waals surface area contributed by atoms with E-state index in [1.807, 2.05) is 6.08 Å². The molecular weight excluding hydrogens is 246 g/mol. The van der Waals surface area contributed by atoms with Crippen molar-refractivity contribution >= 4 is 12.1 Å². The monoisotopic (exact) mass is 269 g/mol. The summed E-state index contributed by atoms with van der Waals surface area (Å²) in [6.45, 7) is 5.32. The second kappa shape index (κ2) is 6.59. The van der Waals surface area contributed by atoms with Gasteiger partial charge >= 0.3 is 12.1 Å². The van der Waals surface area contributed by atoms with Gasteiger partial charge in [-0.3, -0.25) is 4.79 Å². The SMILES string of the molecule is CC(C)(C)OC(=O)N[C@H]1/C=C\CCCC[C@H]1C(=O)O. The predicted octanol–water partition coefficient (Wildman–Crippen LogP) is 2.71. The van der Waals surface area contributed by atoms with Gasteiger partial charge in [-0.1, -0.05) is 18.6 Å². The second-order valence-electron chi connectivity index (χ2n) is 5.83. The molecule has 0 aromatic heterocycles. The maximum atomic E-state index is 11.7. The minimum absolute atomic E-state index is 0.507. The highest BCUT2D eigenvalue weighted by Crippen LogP contribution is 2.19. The third-order valence-electron chi connectivity index (χ3n) is 2.91. The fraction of sp³-hybridized carbons (Fsp3) is 0.714. The molecule has 0 saturated heterocycles. The lowest BCUT2D eigenvalue weighted by Crippen LogP contribution is -2.44. The average molecular weight is 269 g/mol. The van der Waals surface area contributed by atoms with Gasteiger partial charge in [-0.05, 0) is 40.0 Å². The maximum absolute atomic E-state index is 11.7. The van der Waals surface area contributed by atoms with Crippen molar-refractivity contribution in [1.29, 1.82) is 0 Å². The molecule has 0 aromatic carbocycles. The number of amides is 1. The fourth-order valence-corrected chi connectivity index (χ4v) is 2.05. The van der Waals surface area contributed by atoms with Gasteiger partial charge in [-0.25, -0.2) is 4.79 Å². The summed E-state index contributed by atoms with van der Waals surface area (Å²) >= 11 is 0. The Morgan fingerprint density at radius 3 is 2.58 bits per heavy atom. The summed E-state index contributed by atoms with van der Waals surface area (Å²) < 4.78 is 5.16. The van der Waals surface area contributed by atoms with E-state index in [2.05, 4.69) is 5.32 Å². The topological polar surface area (TPSA) is 75.6 Å². The summed E-state index contributed by atoms with van der Waals surface area (Å²) in [7, 11) is 0. The van der Waals surface area contributed by atoms with Crippen LogP contribution in [0.15, 0.2) is 12.2 Å². The molecule has 1 aliphatic rings. The van der Waals surface area contributed by atoms with Crippen LogP contribution in [0.5, 0.6) is 0 Å². The number of rotatable bonds is 2. The van der Waals surface area contributed by atoms with Crippen molar-refractivity contribution in [3.8, 4) is 0 Å². The van der Waals surface area contributed by atoms with Crippen LogP contribution >= 0.6 is 0 Å². The van der Waals surface area contributed by atoms with Crippen molar-refractivity contribution in [2.24, 2.45) is 5.92 Å². The molecule has 1 amide bonds. The Labute approximate surface area is 114 Å². The zero-order chi connectivity index (χ0) is 14.5. The van der Waals surface area contributed by atoms with Gasteiger partial charge in [0.2, 0.25) is 0 Å². The minimum Gasteiger partial charge on any atom is -0.481 e. The Hall–Kier alpha value is -1.52. The van der Waals surface area contributed by atoms with Crippen LogP contribution in [0, 0.1) is 5.92 Å². The molecule has 0 bridgehead atoms. The van der Waals surface area contributed by atoms with Crippen molar-refractivity contribution in [2.45, 2.75) is 58.1 Å². The standard InChI is InChI=1S/C14H23NO4/c1-14(2,3)19-13(18)15-11-9-7-5-4-6-8-10(11)12(16)17/h7,9-11H,4-6,8H2,1-3H3,(H,15,18)(H,16,17)/b9-7-/t10-,11+/m1/s1. The van der Waals surface area contributed by atoms with Crippen molar-refractivity contribution in [3.63, 3.8) is 0 Å². The Morgan fingerprint density at radius 1 is 1.32 bits per heavy atom. The van der Waals surface area contributed by atoms with Gasteiger partial charge in [0.25, 0.3) is 0 Å². The molecule has 0 saturated carbocycles. The Bertz CT molecular complexity index is 357. The van der Waals surface area contributed by atoms with E-state index >= 15 is 0 Å². The first-order chi connectivity index (χ1) is 8.79. The third kappa shape index (κ3) is 5.77. The number of hydrogen-bond acceptors (Lipinski definition) is 3. The average Bonchev–Trinajstić information content (AvgIpc) is 2.18. The molecular formula is C14H23NO4. The lowest BCUT2D eigenvalue weighted by Gasteiger charge is -2.26. The zero-order valence-electron chi connectivity index (χ0n) is 11.8. The van der Waals surface area contributed by atoms with Crippen LogP contribution in [-0.4, -0.2) is 28.8 Å². The molecule has 0 unspecified atom stereocenters. The molecule has 1 rings (SSSR count). The summed E-state index contributed by atoms with van der Waals surface area (Å²) in [5.41, 5.74) is -0.589. The molecule has 5 heteroatoms. The summed E-state index contributed by atoms with van der Waals surface area (Å²) in [6.07, 6.45) is 6.44. The summed E-state index contributed by atoms with van der Waals surface area (Å²) in [6, 6.07) is -0.507. The number of aliphatic carboxylic acids is 1. The van der Waals surface area contributed by atoms with Crippen LogP contribution in [0.4, 0.5) is 4.79 Å². The first-order valence-corrected chi connectivity index (χ1v) is 6.68. The molecule has 5 nitrogen and oxygen atoms in total. The van der Waals surface area contributed by atoms with Crippen LogP contribution in [0.1, 0.15) is 46.5 Å². The number of alkyl carbamates (subject to hydrolysis) is 1. The van der Waals surface area contributed by atoms with Crippen molar-refractivity contribution in [3.05, 3.63) is 12.2 Å². The van der Waals surface area contributed by atoms with E-state index < -0.39 is 29.6 Å². The second-order valence-corrected chi connectivity index (χ2v) is 5.83. The van der Waals surface area contributed by atoms with Gasteiger partial charge in [-0.15, -0.1) is 0 Å². The molecule has 0 spiro atoms. The zero-order valence-corrected chi connectivity index (χ0v) is 11.8. The van der Waals surface area contributed by atoms with E-state index in [0.717, 1.165) is 19.3 Å². The number of carbonyl (C=O) groups is 2. The van der Waals surface area contributed by atoms with E-state index in [-0.39, 0.29) is 0 Å². The highest BCUT2D eigenvalue weighted by Gasteiger charge is 2.29. The Morgan fingerprint density at radius 2 is 2.00 bits per heavy atom. The summed E-state index contributed by atoms with van der Waals surface area (Å²) in [4.78, 5) is 23.0. The number of carboxylic acid groups (broad SMARTS) is 1. The number of allylic oxidation sites excluding steroid dienone is 1. The molecule has 2 N–H and O–H groups in total. The van der Waals surface area contributed by atoms with Crippen LogP contribution in [-0.2, 0) is 9.53 Å². The molecule has 108 valence electrons. The lowest BCUT2D eigenvalue weighted by atomic mass is 9.90. The van der Waals surface area contributed by atoms with Gasteiger partial charge in [0.15, 0.2) is 0 Å². The number of hydrogen-bond donors (Lipinski definition) is 2. The number of carboxylic acids is 1. The normalized spacial score (nSPS) is 25.8.